The molecule has 1 saturated heterocycles. The van der Waals surface area contributed by atoms with Crippen molar-refractivity contribution in [1.29, 1.82) is 0 Å². The number of carbonyl (C=O) groups excluding carboxylic acids is 3. The second-order valence-electron chi connectivity index (χ2n) is 11.2. The van der Waals surface area contributed by atoms with Crippen molar-refractivity contribution in [2.75, 3.05) is 4.90 Å². The van der Waals surface area contributed by atoms with E-state index in [4.69, 9.17) is 11.6 Å². The van der Waals surface area contributed by atoms with Crippen LogP contribution in [0.1, 0.15) is 40.2 Å². The summed E-state index contributed by atoms with van der Waals surface area (Å²) < 4.78 is 0. The van der Waals surface area contributed by atoms with Crippen LogP contribution in [0.2, 0.25) is 5.02 Å². The molecule has 4 aromatic carbocycles. The zero-order chi connectivity index (χ0) is 30.6. The maximum absolute atomic E-state index is 14.5. The minimum Gasteiger partial charge on any atom is -0.274 e. The number of nitro groups is 1. The lowest BCUT2D eigenvalue weighted by Crippen LogP contribution is -2.54. The highest BCUT2D eigenvalue weighted by molar-refractivity contribution is 6.31. The lowest BCUT2D eigenvalue weighted by Gasteiger charge is -2.52. The smallest absolute Gasteiger partial charge is 0.274 e. The van der Waals surface area contributed by atoms with Crippen LogP contribution < -0.4 is 10.3 Å². The van der Waals surface area contributed by atoms with E-state index in [9.17, 15) is 24.5 Å². The number of carbonyl (C=O) groups is 3. The number of imide groups is 1. The number of aryl methyl sites for hydroxylation is 1. The quantitative estimate of drug-likeness (QED) is 0.129. The summed E-state index contributed by atoms with van der Waals surface area (Å²) in [5.41, 5.74) is 5.24. The SMILES string of the molecule is O=C(CCc1ccccc1)N/N=C\C12c3ccccc3C(c3ccccc31)[C@H]1C(=O)N(c3ccc(Cl)cc3[N+](=O)[O-])C(=O)[C@@H]12. The van der Waals surface area contributed by atoms with Crippen LogP contribution in [0.4, 0.5) is 11.4 Å². The number of amides is 3. The van der Waals surface area contributed by atoms with Crippen LogP contribution in [0, 0.1) is 22.0 Å². The van der Waals surface area contributed by atoms with Crippen LogP contribution in [0.3, 0.4) is 0 Å². The van der Waals surface area contributed by atoms with Crippen molar-refractivity contribution in [3.8, 4) is 0 Å². The van der Waals surface area contributed by atoms with E-state index in [-0.39, 0.29) is 23.0 Å². The highest BCUT2D eigenvalue weighted by atomic mass is 35.5. The van der Waals surface area contributed by atoms with E-state index in [1.54, 1.807) is 6.21 Å². The molecule has 8 rings (SSSR count). The number of anilines is 1. The molecular formula is C34H25ClN4O5. The summed E-state index contributed by atoms with van der Waals surface area (Å²) in [6.07, 6.45) is 2.32. The first-order valence-electron chi connectivity index (χ1n) is 14.2. The van der Waals surface area contributed by atoms with E-state index in [2.05, 4.69) is 10.5 Å². The van der Waals surface area contributed by atoms with Gasteiger partial charge in [-0.25, -0.2) is 10.3 Å². The first-order chi connectivity index (χ1) is 21.3. The third kappa shape index (κ3) is 4.07. The fourth-order valence-corrected chi connectivity index (χ4v) is 7.45. The molecule has 218 valence electrons. The van der Waals surface area contributed by atoms with Gasteiger partial charge in [-0.2, -0.15) is 5.10 Å². The van der Waals surface area contributed by atoms with Crippen LogP contribution in [0.15, 0.2) is 102 Å². The number of halogens is 1. The van der Waals surface area contributed by atoms with E-state index in [0.717, 1.165) is 38.8 Å². The summed E-state index contributed by atoms with van der Waals surface area (Å²) in [4.78, 5) is 53.9. The Morgan fingerprint density at radius 2 is 1.57 bits per heavy atom. The summed E-state index contributed by atoms with van der Waals surface area (Å²) in [6.45, 7) is 0. The van der Waals surface area contributed by atoms with Gasteiger partial charge in [-0.15, -0.1) is 0 Å². The van der Waals surface area contributed by atoms with Gasteiger partial charge in [-0.3, -0.25) is 24.5 Å². The summed E-state index contributed by atoms with van der Waals surface area (Å²) in [7, 11) is 0. The molecule has 1 aliphatic heterocycles. The topological polar surface area (TPSA) is 122 Å². The summed E-state index contributed by atoms with van der Waals surface area (Å²) in [5, 5.41) is 16.5. The molecule has 0 saturated carbocycles. The van der Waals surface area contributed by atoms with Gasteiger partial charge in [-0.1, -0.05) is 90.5 Å². The van der Waals surface area contributed by atoms with Crippen LogP contribution in [-0.4, -0.2) is 28.9 Å². The predicted molar refractivity (Wildman–Crippen MR) is 164 cm³/mol. The molecule has 1 heterocycles. The monoisotopic (exact) mass is 604 g/mol. The van der Waals surface area contributed by atoms with Gasteiger partial charge >= 0.3 is 0 Å². The van der Waals surface area contributed by atoms with Gasteiger partial charge in [0.1, 0.15) is 5.69 Å². The number of hydrogen-bond donors (Lipinski definition) is 1. The van der Waals surface area contributed by atoms with Crippen LogP contribution in [0.25, 0.3) is 0 Å². The third-order valence-electron chi connectivity index (χ3n) is 9.00. The molecular weight excluding hydrogens is 580 g/mol. The van der Waals surface area contributed by atoms with Crippen molar-refractivity contribution < 1.29 is 19.3 Å². The van der Waals surface area contributed by atoms with Gasteiger partial charge in [-0.05, 0) is 46.4 Å². The second kappa shape index (κ2) is 10.5. The summed E-state index contributed by atoms with van der Waals surface area (Å²) in [6, 6.07) is 28.8. The lowest BCUT2D eigenvalue weighted by molar-refractivity contribution is -0.384. The Morgan fingerprint density at radius 3 is 2.23 bits per heavy atom. The fourth-order valence-electron chi connectivity index (χ4n) is 7.28. The number of nitrogens with one attached hydrogen (secondary N) is 1. The van der Waals surface area contributed by atoms with Crippen molar-refractivity contribution in [2.45, 2.75) is 24.2 Å². The average molecular weight is 605 g/mol. The number of rotatable bonds is 7. The molecule has 2 atom stereocenters. The lowest BCUT2D eigenvalue weighted by atomic mass is 9.47. The summed E-state index contributed by atoms with van der Waals surface area (Å²) in [5.74, 6) is -3.63. The molecule has 0 spiro atoms. The Hall–Kier alpha value is -5.15. The molecule has 9 nitrogen and oxygen atoms in total. The number of nitrogens with zero attached hydrogens (tertiary/aromatic N) is 3. The van der Waals surface area contributed by atoms with Gasteiger partial charge in [0.15, 0.2) is 0 Å². The molecule has 10 heteroatoms. The Balaban J connectivity index is 1.34. The number of hydrazone groups is 1. The van der Waals surface area contributed by atoms with E-state index < -0.39 is 45.6 Å². The molecule has 0 aromatic heterocycles. The van der Waals surface area contributed by atoms with Gasteiger partial charge in [0.05, 0.1) is 22.2 Å². The Morgan fingerprint density at radius 1 is 0.932 bits per heavy atom. The van der Waals surface area contributed by atoms with Crippen molar-refractivity contribution in [1.82, 2.24) is 5.43 Å². The van der Waals surface area contributed by atoms with Crippen LogP contribution >= 0.6 is 11.6 Å². The minimum absolute atomic E-state index is 0.114. The average Bonchev–Trinajstić information content (AvgIpc) is 3.31. The molecule has 0 unspecified atom stereocenters. The molecule has 44 heavy (non-hydrogen) atoms. The molecule has 2 bridgehead atoms. The standard InChI is InChI=1S/C34H25ClN4O5/c35-21-15-16-26(27(18-21)39(43)44)38-32(41)30-29-22-10-4-6-12-24(22)34(31(30)33(38)42,25-13-7-5-11-23(25)29)19-36-37-28(40)17-14-20-8-2-1-3-9-20/h1-13,15-16,18-19,29-31H,14,17H2,(H,37,40)/b36-19-/t29?,30-,31-,34?/m1/s1. The summed E-state index contributed by atoms with van der Waals surface area (Å²) >= 11 is 6.06. The van der Waals surface area contributed by atoms with Crippen LogP contribution in [0.5, 0.6) is 0 Å². The molecule has 4 aliphatic rings. The van der Waals surface area contributed by atoms with Gasteiger partial charge < -0.3 is 0 Å². The molecule has 4 aromatic rings. The zero-order valence-electron chi connectivity index (χ0n) is 23.2. The highest BCUT2D eigenvalue weighted by Gasteiger charge is 2.68. The number of nitro benzene ring substituents is 1. The van der Waals surface area contributed by atoms with E-state index in [0.29, 0.717) is 6.42 Å². The van der Waals surface area contributed by atoms with Crippen molar-refractivity contribution >= 4 is 46.9 Å². The van der Waals surface area contributed by atoms with E-state index in [1.807, 2.05) is 78.9 Å². The zero-order valence-corrected chi connectivity index (χ0v) is 24.0. The largest absolute Gasteiger partial charge is 0.294 e. The van der Waals surface area contributed by atoms with Crippen molar-refractivity contribution in [3.63, 3.8) is 0 Å². The highest BCUT2D eigenvalue weighted by Crippen LogP contribution is 2.64. The molecule has 0 radical (unpaired) electrons. The number of hydrogen-bond acceptors (Lipinski definition) is 6. The first-order valence-corrected chi connectivity index (χ1v) is 14.6. The van der Waals surface area contributed by atoms with Crippen molar-refractivity contribution in [2.24, 2.45) is 16.9 Å². The Bertz CT molecular complexity index is 1840. The van der Waals surface area contributed by atoms with E-state index in [1.165, 1.54) is 12.1 Å². The molecule has 3 aliphatic carbocycles. The Kier molecular flexibility index (Phi) is 6.62. The minimum atomic E-state index is -1.22. The van der Waals surface area contributed by atoms with Gasteiger partial charge in [0.25, 0.3) is 5.69 Å². The maximum atomic E-state index is 14.5. The second-order valence-corrected chi connectivity index (χ2v) is 11.6. The molecule has 3 amide bonds. The van der Waals surface area contributed by atoms with Gasteiger partial charge in [0, 0.05) is 29.6 Å². The number of benzene rings is 4. The van der Waals surface area contributed by atoms with Crippen molar-refractivity contribution in [3.05, 3.63) is 140 Å². The Labute approximate surface area is 257 Å². The third-order valence-corrected chi connectivity index (χ3v) is 9.23. The van der Waals surface area contributed by atoms with Crippen LogP contribution in [-0.2, 0) is 26.2 Å². The van der Waals surface area contributed by atoms with E-state index >= 15 is 0 Å². The molecule has 1 N–H and O–H groups in total. The normalized spacial score (nSPS) is 22.9. The predicted octanol–water partition coefficient (Wildman–Crippen LogP) is 5.53. The first kappa shape index (κ1) is 27.7. The molecule has 1 fully saturated rings. The van der Waals surface area contributed by atoms with Gasteiger partial charge in [0.2, 0.25) is 17.7 Å². The maximum Gasteiger partial charge on any atom is 0.294 e. The fraction of sp³-hybridized carbons (Fsp3) is 0.176.